The average molecular weight is 519 g/mol. The number of terminal acetylenes is 1. The summed E-state index contributed by atoms with van der Waals surface area (Å²) < 4.78 is 31.4. The maximum atomic E-state index is 11.0. The van der Waals surface area contributed by atoms with E-state index in [0.717, 1.165) is 0 Å². The average Bonchev–Trinajstić information content (AvgIpc) is 3.36. The van der Waals surface area contributed by atoms with Crippen LogP contribution < -0.4 is 5.73 Å². The van der Waals surface area contributed by atoms with Gasteiger partial charge in [0, 0.05) is 17.9 Å². The fourth-order valence-corrected chi connectivity index (χ4v) is 8.16. The minimum absolute atomic E-state index is 0.141. The van der Waals surface area contributed by atoms with Gasteiger partial charge in [-0.25, -0.2) is 9.97 Å². The van der Waals surface area contributed by atoms with E-state index in [1.165, 1.54) is 0 Å². The molecule has 3 fully saturated rings. The van der Waals surface area contributed by atoms with Gasteiger partial charge in [0.15, 0.2) is 10.6 Å². The standard InChI is InChI=1S/C17H20N5O6PS3/c1-2-3-24-11-6-31-32-7-12(11)28-29(23)25-5-10-9(27-29)4-13(26-10)22-8-19-14-15(22)20-17(18)21-16(14)30/h1,8-13,23H,3-7H2,(H2-,18,20,21,30)/p+1/t9-,10+,11-,12-,13+,29?/m0/s1. The topological polar surface area (TPSA) is 139 Å². The van der Waals surface area contributed by atoms with Crippen LogP contribution in [0.25, 0.3) is 11.2 Å². The number of hydrogen-bond acceptors (Lipinski definition) is 12. The largest absolute Gasteiger partial charge is 0.573 e. The molecule has 11 nitrogen and oxygen atoms in total. The van der Waals surface area contributed by atoms with Crippen molar-refractivity contribution in [1.29, 1.82) is 0 Å². The highest BCUT2D eigenvalue weighted by Gasteiger charge is 2.59. The second-order valence-corrected chi connectivity index (χ2v) is 11.9. The Kier molecular flexibility index (Phi) is 6.65. The number of rotatable bonds is 5. The quantitative estimate of drug-likeness (QED) is 0.231. The highest BCUT2D eigenvalue weighted by Crippen LogP contribution is 2.65. The number of imidazole rings is 1. The molecule has 3 saturated heterocycles. The van der Waals surface area contributed by atoms with Gasteiger partial charge >= 0.3 is 8.17 Å². The maximum absolute atomic E-state index is 11.0. The van der Waals surface area contributed by atoms with Crippen LogP contribution in [-0.2, 0) is 23.0 Å². The van der Waals surface area contributed by atoms with Crippen molar-refractivity contribution in [2.24, 2.45) is 0 Å². The Bertz CT molecular complexity index is 1100. The molecule has 0 amide bonds. The third-order valence-corrected chi connectivity index (χ3v) is 9.48. The number of aromatic nitrogens is 4. The lowest BCUT2D eigenvalue weighted by molar-refractivity contribution is -0.0937. The molecule has 2 aromatic heterocycles. The highest BCUT2D eigenvalue weighted by atomic mass is 33.1. The summed E-state index contributed by atoms with van der Waals surface area (Å²) in [6.45, 7) is 0.318. The molecule has 0 aliphatic carbocycles. The van der Waals surface area contributed by atoms with Crippen molar-refractivity contribution in [3.05, 3.63) is 11.0 Å². The molecule has 0 bridgehead atoms. The number of ether oxygens (including phenoxy) is 2. The van der Waals surface area contributed by atoms with Crippen LogP contribution in [0.5, 0.6) is 0 Å². The lowest BCUT2D eigenvalue weighted by atomic mass is 10.2. The molecule has 172 valence electrons. The van der Waals surface area contributed by atoms with E-state index >= 15 is 0 Å². The van der Waals surface area contributed by atoms with Crippen molar-refractivity contribution in [1.82, 2.24) is 19.5 Å². The maximum Gasteiger partial charge on any atom is 0.573 e. The van der Waals surface area contributed by atoms with E-state index in [2.05, 4.69) is 20.9 Å². The summed E-state index contributed by atoms with van der Waals surface area (Å²) in [4.78, 5) is 22.3. The molecule has 5 heterocycles. The van der Waals surface area contributed by atoms with E-state index in [-0.39, 0.29) is 31.4 Å². The lowest BCUT2D eigenvalue weighted by Gasteiger charge is -2.32. The van der Waals surface area contributed by atoms with Crippen LogP contribution in [0.15, 0.2) is 6.33 Å². The second kappa shape index (κ2) is 9.34. The van der Waals surface area contributed by atoms with Gasteiger partial charge in [0.05, 0.1) is 6.33 Å². The molecule has 4 N–H and O–H groups in total. The van der Waals surface area contributed by atoms with Crippen LogP contribution >= 0.6 is 42.0 Å². The van der Waals surface area contributed by atoms with Gasteiger partial charge < -0.3 is 20.2 Å². The summed E-state index contributed by atoms with van der Waals surface area (Å²) >= 11 is 5.23. The molecule has 0 spiro atoms. The summed E-state index contributed by atoms with van der Waals surface area (Å²) in [5, 5.41) is 0. The third kappa shape index (κ3) is 4.52. The molecule has 0 aromatic carbocycles. The van der Waals surface area contributed by atoms with E-state index in [0.29, 0.717) is 33.7 Å². The number of aromatic amines is 1. The van der Waals surface area contributed by atoms with Crippen LogP contribution in [0.2, 0.25) is 0 Å². The Hall–Kier alpha value is -0.980. The summed E-state index contributed by atoms with van der Waals surface area (Å²) in [7, 11) is -0.235. The predicted molar refractivity (Wildman–Crippen MR) is 124 cm³/mol. The predicted octanol–water partition coefficient (Wildman–Crippen LogP) is 2.24. The van der Waals surface area contributed by atoms with E-state index in [4.69, 9.17) is 47.4 Å². The number of hydrogen-bond donors (Lipinski definition) is 3. The minimum Gasteiger partial charge on any atom is -0.369 e. The smallest absolute Gasteiger partial charge is 0.369 e. The van der Waals surface area contributed by atoms with Gasteiger partial charge in [0.1, 0.15) is 55.0 Å². The molecule has 3 aliphatic heterocycles. The van der Waals surface area contributed by atoms with Crippen molar-refractivity contribution >= 4 is 59.1 Å². The molecule has 5 rings (SSSR count). The Morgan fingerprint density at radius 2 is 2.22 bits per heavy atom. The first-order valence-electron chi connectivity index (χ1n) is 9.76. The first-order valence-corrected chi connectivity index (χ1v) is 14.2. The number of anilines is 1. The molecule has 6 atom stereocenters. The van der Waals surface area contributed by atoms with E-state index in [1.54, 1.807) is 32.5 Å². The Morgan fingerprint density at radius 3 is 3.03 bits per heavy atom. The molecule has 15 heteroatoms. The van der Waals surface area contributed by atoms with Crippen molar-refractivity contribution in [2.45, 2.75) is 37.1 Å². The van der Waals surface area contributed by atoms with Crippen molar-refractivity contribution < 1.29 is 27.9 Å². The second-order valence-electron chi connectivity index (χ2n) is 7.32. The van der Waals surface area contributed by atoms with Crippen molar-refractivity contribution in [3.8, 4) is 12.3 Å². The molecule has 0 saturated carbocycles. The van der Waals surface area contributed by atoms with Crippen molar-refractivity contribution in [2.75, 3.05) is 30.5 Å². The van der Waals surface area contributed by atoms with Gasteiger partial charge in [-0.1, -0.05) is 39.7 Å². The molecule has 3 aliphatic rings. The van der Waals surface area contributed by atoms with E-state index in [1.807, 2.05) is 0 Å². The van der Waals surface area contributed by atoms with Gasteiger partial charge in [0.2, 0.25) is 0 Å². The fourth-order valence-electron chi connectivity index (χ4n) is 3.75. The highest BCUT2D eigenvalue weighted by molar-refractivity contribution is 8.76. The van der Waals surface area contributed by atoms with Gasteiger partial charge in [-0.3, -0.25) is 4.57 Å². The zero-order valence-corrected chi connectivity index (χ0v) is 20.0. The van der Waals surface area contributed by atoms with Gasteiger partial charge in [-0.05, 0) is 0 Å². The van der Waals surface area contributed by atoms with Crippen LogP contribution in [-0.4, -0.2) is 73.5 Å². The van der Waals surface area contributed by atoms with Gasteiger partial charge in [-0.2, -0.15) is 9.42 Å². The Morgan fingerprint density at radius 1 is 1.41 bits per heavy atom. The summed E-state index contributed by atoms with van der Waals surface area (Å²) in [5.41, 5.74) is 6.95. The zero-order chi connectivity index (χ0) is 22.3. The number of nitrogens with one attached hydrogen (secondary N) is 1. The Labute approximate surface area is 197 Å². The number of nitrogen functional groups attached to an aromatic ring is 1. The SMILES string of the molecule is C#CCO[C@H]1CSSC[C@@H]1O[P+]1(O)OC[C@H]2O[C@@H](n3cnc4c(=S)nc(N)[nH]c43)C[C@@H]2O1. The van der Waals surface area contributed by atoms with E-state index in [9.17, 15) is 4.89 Å². The number of nitrogens with zero attached hydrogens (tertiary/aromatic N) is 3. The summed E-state index contributed by atoms with van der Waals surface area (Å²) in [6, 6.07) is 0. The molecule has 2 aromatic rings. The van der Waals surface area contributed by atoms with Gasteiger partial charge in [0.25, 0.3) is 0 Å². The summed E-state index contributed by atoms with van der Waals surface area (Å²) in [6.07, 6.45) is 5.54. The Balaban J connectivity index is 1.29. The molecular formula is C17H21N5O6PS3+. The lowest BCUT2D eigenvalue weighted by Crippen LogP contribution is -2.41. The first-order chi connectivity index (χ1) is 15.5. The van der Waals surface area contributed by atoms with Crippen LogP contribution in [0, 0.1) is 17.0 Å². The van der Waals surface area contributed by atoms with Crippen LogP contribution in [0.3, 0.4) is 0 Å². The summed E-state index contributed by atoms with van der Waals surface area (Å²) in [5.74, 6) is 3.97. The van der Waals surface area contributed by atoms with Crippen LogP contribution in [0.4, 0.5) is 5.95 Å². The molecule has 0 radical (unpaired) electrons. The molecule has 32 heavy (non-hydrogen) atoms. The zero-order valence-electron chi connectivity index (χ0n) is 16.7. The first kappa shape index (κ1) is 22.8. The number of H-pyrrole nitrogens is 1. The minimum atomic E-state index is -3.55. The fraction of sp³-hybridized carbons (Fsp3) is 0.588. The molecular weight excluding hydrogens is 497 g/mol. The normalized spacial score (nSPS) is 34.9. The van der Waals surface area contributed by atoms with E-state index < -0.39 is 26.6 Å². The monoisotopic (exact) mass is 518 g/mol. The number of nitrogens with two attached hydrogens (primary N) is 1. The van der Waals surface area contributed by atoms with Crippen LogP contribution in [0.1, 0.15) is 12.6 Å². The van der Waals surface area contributed by atoms with Gasteiger partial charge in [-0.15, -0.1) is 15.5 Å². The van der Waals surface area contributed by atoms with Crippen molar-refractivity contribution in [3.63, 3.8) is 0 Å². The third-order valence-electron chi connectivity index (χ3n) is 5.24. The molecule has 1 unspecified atom stereocenters. The number of fused-ring (bicyclic) bond motifs is 2.